The fraction of sp³-hybridized carbons (Fsp3) is 0.500. The molecule has 0 fully saturated rings. The van der Waals surface area contributed by atoms with Crippen LogP contribution in [-0.4, -0.2) is 12.6 Å². The third-order valence-corrected chi connectivity index (χ3v) is 2.99. The van der Waals surface area contributed by atoms with Crippen LogP contribution in [0.4, 0.5) is 0 Å². The summed E-state index contributed by atoms with van der Waals surface area (Å²) >= 11 is 0. The number of hydrogen-bond donors (Lipinski definition) is 1. The normalized spacial score (nSPS) is 12.2. The maximum atomic E-state index is 3.53. The molecule has 1 aromatic carbocycles. The molecule has 1 heteroatoms. The van der Waals surface area contributed by atoms with E-state index < -0.39 is 0 Å². The van der Waals surface area contributed by atoms with Crippen molar-refractivity contribution in [2.24, 2.45) is 0 Å². The Morgan fingerprint density at radius 3 is 2.59 bits per heavy atom. The predicted molar refractivity (Wildman–Crippen MR) is 76.4 cm³/mol. The highest BCUT2D eigenvalue weighted by Gasteiger charge is 2.05. The second kappa shape index (κ2) is 7.29. The van der Waals surface area contributed by atoms with E-state index >= 15 is 0 Å². The van der Waals surface area contributed by atoms with Crippen molar-refractivity contribution < 1.29 is 0 Å². The smallest absolute Gasteiger partial charge is 0.0255 e. The zero-order valence-corrected chi connectivity index (χ0v) is 11.6. The van der Waals surface area contributed by atoms with E-state index in [2.05, 4.69) is 63.4 Å². The standard InChI is InChI=1S/C16H25N/c1-5-17-16(12-13(2)3)11-10-15-9-7-6-8-14(15)4/h6-9,12,16-17H,5,10-11H2,1-4H3. The first-order valence-corrected chi connectivity index (χ1v) is 6.56. The molecule has 17 heavy (non-hydrogen) atoms. The fourth-order valence-electron chi connectivity index (χ4n) is 2.11. The first-order chi connectivity index (χ1) is 8.13. The zero-order valence-electron chi connectivity index (χ0n) is 11.6. The van der Waals surface area contributed by atoms with Crippen molar-refractivity contribution in [1.82, 2.24) is 5.32 Å². The lowest BCUT2D eigenvalue weighted by Crippen LogP contribution is -2.27. The van der Waals surface area contributed by atoms with E-state index in [1.54, 1.807) is 0 Å². The highest BCUT2D eigenvalue weighted by Crippen LogP contribution is 2.12. The molecule has 0 saturated carbocycles. The number of hydrogen-bond acceptors (Lipinski definition) is 1. The van der Waals surface area contributed by atoms with Crippen LogP contribution in [0.25, 0.3) is 0 Å². The van der Waals surface area contributed by atoms with Crippen LogP contribution in [0.5, 0.6) is 0 Å². The molecule has 0 heterocycles. The van der Waals surface area contributed by atoms with Crippen molar-refractivity contribution in [3.8, 4) is 0 Å². The summed E-state index contributed by atoms with van der Waals surface area (Å²) in [6.07, 6.45) is 4.65. The van der Waals surface area contributed by atoms with Gasteiger partial charge < -0.3 is 5.32 Å². The number of aryl methyl sites for hydroxylation is 2. The Morgan fingerprint density at radius 2 is 2.00 bits per heavy atom. The molecule has 0 aliphatic heterocycles. The summed E-state index contributed by atoms with van der Waals surface area (Å²) < 4.78 is 0. The van der Waals surface area contributed by atoms with Gasteiger partial charge in [-0.1, -0.05) is 42.8 Å². The van der Waals surface area contributed by atoms with Gasteiger partial charge in [-0.05, 0) is 51.3 Å². The first-order valence-electron chi connectivity index (χ1n) is 6.56. The van der Waals surface area contributed by atoms with Crippen LogP contribution in [0, 0.1) is 6.92 Å². The minimum atomic E-state index is 0.504. The molecule has 1 rings (SSSR count). The van der Waals surface area contributed by atoms with Crippen LogP contribution in [0.15, 0.2) is 35.9 Å². The van der Waals surface area contributed by atoms with Crippen LogP contribution in [0.3, 0.4) is 0 Å². The molecule has 1 atom stereocenters. The lowest BCUT2D eigenvalue weighted by atomic mass is 10.00. The summed E-state index contributed by atoms with van der Waals surface area (Å²) in [4.78, 5) is 0. The minimum Gasteiger partial charge on any atom is -0.311 e. The largest absolute Gasteiger partial charge is 0.311 e. The summed E-state index contributed by atoms with van der Waals surface area (Å²) in [7, 11) is 0. The second-order valence-corrected chi connectivity index (χ2v) is 4.87. The third kappa shape index (κ3) is 5.18. The summed E-state index contributed by atoms with van der Waals surface area (Å²) in [5, 5.41) is 3.53. The molecule has 0 aliphatic rings. The van der Waals surface area contributed by atoms with E-state index in [0.29, 0.717) is 6.04 Å². The number of rotatable bonds is 6. The lowest BCUT2D eigenvalue weighted by molar-refractivity contribution is 0.571. The van der Waals surface area contributed by atoms with Crippen LogP contribution in [0.1, 0.15) is 38.3 Å². The van der Waals surface area contributed by atoms with Crippen LogP contribution in [0.2, 0.25) is 0 Å². The zero-order chi connectivity index (χ0) is 12.7. The van der Waals surface area contributed by atoms with Gasteiger partial charge in [0, 0.05) is 6.04 Å². The molecule has 1 unspecified atom stereocenters. The van der Waals surface area contributed by atoms with Crippen LogP contribution < -0.4 is 5.32 Å². The Morgan fingerprint density at radius 1 is 1.29 bits per heavy atom. The molecule has 1 nitrogen and oxygen atoms in total. The van der Waals surface area contributed by atoms with Gasteiger partial charge in [0.15, 0.2) is 0 Å². The van der Waals surface area contributed by atoms with E-state index in [1.807, 2.05) is 0 Å². The average molecular weight is 231 g/mol. The van der Waals surface area contributed by atoms with Gasteiger partial charge in [0.25, 0.3) is 0 Å². The summed E-state index contributed by atoms with van der Waals surface area (Å²) in [5.41, 5.74) is 4.26. The Balaban J connectivity index is 2.58. The Kier molecular flexibility index (Phi) is 5.99. The van der Waals surface area contributed by atoms with Gasteiger partial charge in [-0.2, -0.15) is 0 Å². The average Bonchev–Trinajstić information content (AvgIpc) is 2.27. The molecule has 0 spiro atoms. The number of benzene rings is 1. The maximum Gasteiger partial charge on any atom is 0.0255 e. The Labute approximate surface area is 106 Å². The molecule has 0 radical (unpaired) electrons. The van der Waals surface area contributed by atoms with Crippen molar-refractivity contribution in [3.05, 3.63) is 47.0 Å². The molecule has 0 bridgehead atoms. The number of allylic oxidation sites excluding steroid dienone is 1. The van der Waals surface area contributed by atoms with Crippen LogP contribution >= 0.6 is 0 Å². The summed E-state index contributed by atoms with van der Waals surface area (Å²) in [6.45, 7) is 9.72. The number of likely N-dealkylation sites (N-methyl/N-ethyl adjacent to an activating group) is 1. The predicted octanol–water partition coefficient (Wildman–Crippen LogP) is 3.87. The van der Waals surface area contributed by atoms with Crippen LogP contribution in [-0.2, 0) is 6.42 Å². The van der Waals surface area contributed by atoms with Gasteiger partial charge in [0.2, 0.25) is 0 Å². The molecule has 1 aromatic rings. The fourth-order valence-corrected chi connectivity index (χ4v) is 2.11. The summed E-state index contributed by atoms with van der Waals surface area (Å²) in [6, 6.07) is 9.17. The van der Waals surface area contributed by atoms with Crippen molar-refractivity contribution in [2.45, 2.75) is 46.6 Å². The molecular formula is C16H25N. The second-order valence-electron chi connectivity index (χ2n) is 4.87. The molecule has 94 valence electrons. The SMILES string of the molecule is CCNC(C=C(C)C)CCc1ccccc1C. The van der Waals surface area contributed by atoms with E-state index in [1.165, 1.54) is 23.1 Å². The highest BCUT2D eigenvalue weighted by molar-refractivity contribution is 5.25. The molecule has 0 amide bonds. The molecule has 0 saturated heterocycles. The van der Waals surface area contributed by atoms with Crippen molar-refractivity contribution in [3.63, 3.8) is 0 Å². The number of nitrogens with one attached hydrogen (secondary N) is 1. The molecule has 0 aliphatic carbocycles. The third-order valence-electron chi connectivity index (χ3n) is 2.99. The minimum absolute atomic E-state index is 0.504. The molecule has 0 aromatic heterocycles. The molecular weight excluding hydrogens is 206 g/mol. The van der Waals surface area contributed by atoms with E-state index in [4.69, 9.17) is 0 Å². The topological polar surface area (TPSA) is 12.0 Å². The molecule has 1 N–H and O–H groups in total. The van der Waals surface area contributed by atoms with Crippen molar-refractivity contribution in [1.29, 1.82) is 0 Å². The van der Waals surface area contributed by atoms with E-state index in [9.17, 15) is 0 Å². The highest BCUT2D eigenvalue weighted by atomic mass is 14.9. The van der Waals surface area contributed by atoms with Crippen molar-refractivity contribution in [2.75, 3.05) is 6.54 Å². The van der Waals surface area contributed by atoms with Gasteiger partial charge in [-0.25, -0.2) is 0 Å². The Hall–Kier alpha value is -1.08. The lowest BCUT2D eigenvalue weighted by Gasteiger charge is -2.15. The van der Waals surface area contributed by atoms with Crippen molar-refractivity contribution >= 4 is 0 Å². The first kappa shape index (κ1) is 14.0. The van der Waals surface area contributed by atoms with Gasteiger partial charge in [0.1, 0.15) is 0 Å². The van der Waals surface area contributed by atoms with Gasteiger partial charge >= 0.3 is 0 Å². The van der Waals surface area contributed by atoms with E-state index in [-0.39, 0.29) is 0 Å². The van der Waals surface area contributed by atoms with Gasteiger partial charge in [0.05, 0.1) is 0 Å². The summed E-state index contributed by atoms with van der Waals surface area (Å²) in [5.74, 6) is 0. The Bertz CT molecular complexity index is 362. The maximum absolute atomic E-state index is 3.53. The van der Waals surface area contributed by atoms with Gasteiger partial charge in [-0.3, -0.25) is 0 Å². The van der Waals surface area contributed by atoms with Gasteiger partial charge in [-0.15, -0.1) is 0 Å². The van der Waals surface area contributed by atoms with E-state index in [0.717, 1.165) is 13.0 Å². The monoisotopic (exact) mass is 231 g/mol. The quantitative estimate of drug-likeness (QED) is 0.733.